The Morgan fingerprint density at radius 2 is 1.95 bits per heavy atom. The Bertz CT molecular complexity index is 1540. The molecule has 2 fully saturated rings. The summed E-state index contributed by atoms with van der Waals surface area (Å²) >= 11 is 6.42. The number of benzene rings is 2. The maximum atomic E-state index is 13.5. The van der Waals surface area contributed by atoms with Gasteiger partial charge in [0.25, 0.3) is 5.91 Å². The van der Waals surface area contributed by atoms with E-state index in [1.807, 2.05) is 18.2 Å². The molecule has 0 saturated heterocycles. The third-order valence-corrected chi connectivity index (χ3v) is 12.8. The van der Waals surface area contributed by atoms with Gasteiger partial charge in [-0.15, -0.1) is 0 Å². The fourth-order valence-corrected chi connectivity index (χ4v) is 10.1. The van der Waals surface area contributed by atoms with Crippen LogP contribution in [0, 0.1) is 17.8 Å². The Balaban J connectivity index is 1.30. The number of ether oxygens (including phenoxy) is 2. The summed E-state index contributed by atoms with van der Waals surface area (Å²) in [4.78, 5) is 15.9. The number of hydrogen-bond acceptors (Lipinski definition) is 6. The number of halogens is 1. The summed E-state index contributed by atoms with van der Waals surface area (Å²) in [6.45, 7) is 2.10. The largest absolute Gasteiger partial charge is 0.490 e. The average molecular weight is 625 g/mol. The molecule has 3 aliphatic carbocycles. The molecule has 2 heterocycles. The van der Waals surface area contributed by atoms with Crippen molar-refractivity contribution in [3.8, 4) is 5.75 Å². The lowest BCUT2D eigenvalue weighted by molar-refractivity contribution is 0.0129. The Morgan fingerprint density at radius 1 is 1.07 bits per heavy atom. The number of nitrogens with zero attached hydrogens (tertiary/aromatic N) is 1. The van der Waals surface area contributed by atoms with E-state index >= 15 is 0 Å². The summed E-state index contributed by atoms with van der Waals surface area (Å²) in [5.74, 6) is 1.11. The highest BCUT2D eigenvalue weighted by atomic mass is 35.5. The molecule has 2 aromatic rings. The molecule has 230 valence electrons. The first-order chi connectivity index (χ1) is 20.7. The van der Waals surface area contributed by atoms with Crippen LogP contribution in [0.1, 0.15) is 72.9 Å². The summed E-state index contributed by atoms with van der Waals surface area (Å²) < 4.78 is 41.9. The predicted molar refractivity (Wildman–Crippen MR) is 169 cm³/mol. The topological polar surface area (TPSA) is 84.9 Å². The van der Waals surface area contributed by atoms with E-state index in [1.54, 1.807) is 13.2 Å². The van der Waals surface area contributed by atoms with Crippen LogP contribution in [-0.4, -0.2) is 52.5 Å². The summed E-state index contributed by atoms with van der Waals surface area (Å²) in [6.07, 6.45) is 12.5. The summed E-state index contributed by atoms with van der Waals surface area (Å²) in [6, 6.07) is 11.6. The van der Waals surface area contributed by atoms with Gasteiger partial charge in [-0.05, 0) is 111 Å². The molecule has 43 heavy (non-hydrogen) atoms. The molecule has 6 atom stereocenters. The third kappa shape index (κ3) is 5.48. The van der Waals surface area contributed by atoms with Crippen molar-refractivity contribution >= 4 is 33.2 Å². The minimum absolute atomic E-state index is 0.0103. The number of carbonyl (C=O) groups is 1. The SMILES string of the molecule is CO[C@H]1/C=C/[C@@H]2CCC[C@H](C2)S(=O)(=O)NC(=O)c2ccc3c(c2)N(C[C@@H]2CC[C@H]21)C[C@@]1(CCCc2cc(Cl)ccc21)CO3. The number of hydrogen-bond donors (Lipinski definition) is 1. The van der Waals surface area contributed by atoms with E-state index in [0.717, 1.165) is 74.5 Å². The quantitative estimate of drug-likeness (QED) is 0.389. The van der Waals surface area contributed by atoms with Gasteiger partial charge in [-0.25, -0.2) is 13.1 Å². The zero-order valence-electron chi connectivity index (χ0n) is 24.8. The van der Waals surface area contributed by atoms with Gasteiger partial charge in [0.05, 0.1) is 23.6 Å². The lowest BCUT2D eigenvalue weighted by Crippen LogP contribution is -2.49. The van der Waals surface area contributed by atoms with Crippen molar-refractivity contribution in [2.45, 2.75) is 74.6 Å². The van der Waals surface area contributed by atoms with Gasteiger partial charge in [-0.3, -0.25) is 4.79 Å². The van der Waals surface area contributed by atoms with Crippen LogP contribution < -0.4 is 14.4 Å². The Kier molecular flexibility index (Phi) is 7.75. The van der Waals surface area contributed by atoms with E-state index in [4.69, 9.17) is 21.1 Å². The van der Waals surface area contributed by atoms with E-state index in [9.17, 15) is 13.2 Å². The number of amides is 1. The van der Waals surface area contributed by atoms with Crippen molar-refractivity contribution < 1.29 is 22.7 Å². The summed E-state index contributed by atoms with van der Waals surface area (Å²) in [7, 11) is -2.04. The van der Waals surface area contributed by atoms with Gasteiger partial charge in [0.2, 0.25) is 10.0 Å². The van der Waals surface area contributed by atoms with Gasteiger partial charge in [0.15, 0.2) is 0 Å². The molecule has 2 aromatic carbocycles. The Labute approximate surface area is 260 Å². The zero-order valence-corrected chi connectivity index (χ0v) is 26.3. The van der Waals surface area contributed by atoms with Crippen molar-refractivity contribution in [2.75, 3.05) is 31.7 Å². The highest BCUT2D eigenvalue weighted by Crippen LogP contribution is 2.47. The molecule has 2 aliphatic heterocycles. The molecule has 1 N–H and O–H groups in total. The molecule has 7 rings (SSSR count). The fraction of sp³-hybridized carbons (Fsp3) is 0.559. The molecule has 7 nitrogen and oxygen atoms in total. The lowest BCUT2D eigenvalue weighted by atomic mass is 9.68. The van der Waals surface area contributed by atoms with E-state index in [2.05, 4.69) is 33.9 Å². The monoisotopic (exact) mass is 624 g/mol. The number of rotatable bonds is 1. The normalized spacial score (nSPS) is 34.0. The fourth-order valence-electron chi connectivity index (χ4n) is 8.36. The second-order valence-electron chi connectivity index (χ2n) is 13.4. The Hall–Kier alpha value is -2.55. The van der Waals surface area contributed by atoms with Gasteiger partial charge < -0.3 is 14.4 Å². The molecule has 1 spiro atoms. The van der Waals surface area contributed by atoms with Crippen molar-refractivity contribution in [1.29, 1.82) is 0 Å². The molecule has 0 aromatic heterocycles. The number of carbonyl (C=O) groups excluding carboxylic acids is 1. The van der Waals surface area contributed by atoms with Gasteiger partial charge in [0.1, 0.15) is 5.75 Å². The smallest absolute Gasteiger partial charge is 0.264 e. The van der Waals surface area contributed by atoms with E-state index in [1.165, 1.54) is 11.1 Å². The predicted octanol–water partition coefficient (Wildman–Crippen LogP) is 6.04. The zero-order chi connectivity index (χ0) is 29.8. The number of methoxy groups -OCH3 is 1. The maximum Gasteiger partial charge on any atom is 0.264 e. The standard InChI is InChI=1S/C34H41ClN2O5S/c1-41-31-13-7-22-4-2-6-27(16-22)43(39,40)36-33(38)24-9-14-32-30(18-24)37(19-25-8-11-28(25)31)20-34(21-42-32)15-3-5-23-17-26(35)10-12-29(23)34/h7,9-10,12-14,17-18,22,25,27-28,31H,2-6,8,11,15-16,19-21H2,1H3,(H,36,38)/b13-7+/t22-,25-,27+,28+,31-,34-/m0/s1. The lowest BCUT2D eigenvalue weighted by Gasteiger charge is -2.46. The first-order valence-electron chi connectivity index (χ1n) is 15.8. The van der Waals surface area contributed by atoms with Crippen LogP contribution >= 0.6 is 11.6 Å². The highest BCUT2D eigenvalue weighted by Gasteiger charge is 2.44. The van der Waals surface area contributed by atoms with Gasteiger partial charge >= 0.3 is 0 Å². The minimum Gasteiger partial charge on any atom is -0.490 e. The molecule has 0 unspecified atom stereocenters. The molecule has 4 bridgehead atoms. The van der Waals surface area contributed by atoms with Crippen molar-refractivity contribution in [3.05, 3.63) is 70.3 Å². The number of sulfonamides is 1. The maximum absolute atomic E-state index is 13.5. The van der Waals surface area contributed by atoms with Gasteiger partial charge in [0, 0.05) is 36.2 Å². The number of aryl methyl sites for hydroxylation is 1. The third-order valence-electron chi connectivity index (χ3n) is 10.8. The average Bonchev–Trinajstić information content (AvgIpc) is 3.13. The van der Waals surface area contributed by atoms with Crippen LogP contribution in [0.2, 0.25) is 5.02 Å². The van der Waals surface area contributed by atoms with E-state index in [0.29, 0.717) is 36.8 Å². The number of allylic oxidation sites excluding steroid dienone is 1. The second kappa shape index (κ2) is 11.4. The number of fused-ring (bicyclic) bond motifs is 6. The van der Waals surface area contributed by atoms with E-state index < -0.39 is 21.2 Å². The van der Waals surface area contributed by atoms with Gasteiger partial charge in [-0.2, -0.15) is 0 Å². The number of anilines is 1. The first kappa shape index (κ1) is 29.2. The molecule has 0 radical (unpaired) electrons. The van der Waals surface area contributed by atoms with Crippen molar-refractivity contribution in [1.82, 2.24) is 4.72 Å². The second-order valence-corrected chi connectivity index (χ2v) is 15.8. The van der Waals surface area contributed by atoms with Crippen LogP contribution in [0.4, 0.5) is 5.69 Å². The highest BCUT2D eigenvalue weighted by molar-refractivity contribution is 7.90. The molecule has 5 aliphatic rings. The van der Waals surface area contributed by atoms with Crippen molar-refractivity contribution in [3.63, 3.8) is 0 Å². The minimum atomic E-state index is -3.83. The van der Waals surface area contributed by atoms with Crippen LogP contribution in [-0.2, 0) is 26.6 Å². The van der Waals surface area contributed by atoms with E-state index in [-0.39, 0.29) is 17.4 Å². The van der Waals surface area contributed by atoms with Crippen LogP contribution in [0.15, 0.2) is 48.6 Å². The molecule has 2 saturated carbocycles. The van der Waals surface area contributed by atoms with Crippen molar-refractivity contribution in [2.24, 2.45) is 17.8 Å². The van der Waals surface area contributed by atoms with Crippen LogP contribution in [0.5, 0.6) is 5.75 Å². The molecular weight excluding hydrogens is 584 g/mol. The van der Waals surface area contributed by atoms with Crippen LogP contribution in [0.3, 0.4) is 0 Å². The first-order valence-corrected chi connectivity index (χ1v) is 17.7. The Morgan fingerprint density at radius 3 is 2.77 bits per heavy atom. The molecular formula is C34H41ClN2O5S. The molecule has 1 amide bonds. The summed E-state index contributed by atoms with van der Waals surface area (Å²) in [5, 5.41) is 0.162. The number of nitrogens with one attached hydrogen (secondary N) is 1. The van der Waals surface area contributed by atoms with Gasteiger partial charge in [-0.1, -0.05) is 36.2 Å². The molecule has 9 heteroatoms. The summed E-state index contributed by atoms with van der Waals surface area (Å²) in [5.41, 5.74) is 3.54. The van der Waals surface area contributed by atoms with Crippen LogP contribution in [0.25, 0.3) is 0 Å².